The normalized spacial score (nSPS) is 14.6. The molecule has 0 unspecified atom stereocenters. The van der Waals surface area contributed by atoms with E-state index >= 15 is 0 Å². The zero-order valence-electron chi connectivity index (χ0n) is 15.6. The molecule has 1 aliphatic carbocycles. The highest BCUT2D eigenvalue weighted by Gasteiger charge is 2.33. The predicted molar refractivity (Wildman–Crippen MR) is 105 cm³/mol. The van der Waals surface area contributed by atoms with Crippen molar-refractivity contribution in [2.45, 2.75) is 18.9 Å². The smallest absolute Gasteiger partial charge is 0.251 e. The van der Waals surface area contributed by atoms with Crippen LogP contribution in [0.4, 0.5) is 0 Å². The molecule has 2 N–H and O–H groups in total. The van der Waals surface area contributed by atoms with E-state index in [-0.39, 0.29) is 17.9 Å². The average molecular weight is 364 g/mol. The van der Waals surface area contributed by atoms with Gasteiger partial charge in [-0.3, -0.25) is 9.59 Å². The Morgan fingerprint density at radius 2 is 1.74 bits per heavy atom. The van der Waals surface area contributed by atoms with Gasteiger partial charge in [0.1, 0.15) is 5.75 Å². The van der Waals surface area contributed by atoms with E-state index in [0.29, 0.717) is 11.5 Å². The molecule has 1 fully saturated rings. The first kappa shape index (κ1) is 18.7. The molecule has 2 amide bonds. The highest BCUT2D eigenvalue weighted by Crippen LogP contribution is 2.41. The van der Waals surface area contributed by atoms with Gasteiger partial charge >= 0.3 is 0 Å². The lowest BCUT2D eigenvalue weighted by atomic mass is 10.0. The minimum absolute atomic E-state index is 0.0173. The lowest BCUT2D eigenvalue weighted by Gasteiger charge is -2.18. The molecule has 1 aliphatic rings. The van der Waals surface area contributed by atoms with Gasteiger partial charge < -0.3 is 15.4 Å². The second kappa shape index (κ2) is 8.54. The van der Waals surface area contributed by atoms with E-state index in [1.54, 1.807) is 32.4 Å². The van der Waals surface area contributed by atoms with Crippen LogP contribution in [0.2, 0.25) is 0 Å². The van der Waals surface area contributed by atoms with E-state index in [1.807, 2.05) is 36.4 Å². The van der Waals surface area contributed by atoms with Crippen molar-refractivity contribution in [3.05, 3.63) is 71.3 Å². The Kier molecular flexibility index (Phi) is 5.91. The fraction of sp³-hybridized carbons (Fsp3) is 0.273. The molecule has 1 atom stereocenters. The van der Waals surface area contributed by atoms with Crippen LogP contribution in [0, 0.1) is 5.92 Å². The lowest BCUT2D eigenvalue weighted by Crippen LogP contribution is -2.28. The molecule has 0 radical (unpaired) electrons. The summed E-state index contributed by atoms with van der Waals surface area (Å²) in [5, 5.41) is 5.69. The summed E-state index contributed by atoms with van der Waals surface area (Å²) < 4.78 is 5.20. The Morgan fingerprint density at radius 3 is 2.30 bits per heavy atom. The number of hydrogen-bond donors (Lipinski definition) is 2. The molecule has 0 heterocycles. The van der Waals surface area contributed by atoms with E-state index in [2.05, 4.69) is 10.6 Å². The summed E-state index contributed by atoms with van der Waals surface area (Å²) in [5.41, 5.74) is 2.55. The number of carbonyl (C=O) groups excluding carboxylic acids is 2. The van der Waals surface area contributed by atoms with Crippen LogP contribution in [-0.4, -0.2) is 26.0 Å². The standard InChI is InChI=1S/C22H24N2O3/c1-23-22(26)18-6-3-15(4-7-18)5-14-20(25)24-21(16-8-9-16)17-10-12-19(27-2)13-11-17/h3-7,10-14,16,21H,8-9H2,1-2H3,(H,23,26)(H,24,25)/b14-5+/t21-/m1/s1. The Balaban J connectivity index is 1.64. The first-order valence-corrected chi connectivity index (χ1v) is 9.05. The Morgan fingerprint density at radius 1 is 1.07 bits per heavy atom. The molecule has 140 valence electrons. The third-order valence-electron chi connectivity index (χ3n) is 4.69. The summed E-state index contributed by atoms with van der Waals surface area (Å²) in [7, 11) is 3.24. The Labute approximate surface area is 159 Å². The summed E-state index contributed by atoms with van der Waals surface area (Å²) in [6, 6.07) is 15.0. The van der Waals surface area contributed by atoms with Gasteiger partial charge in [0.15, 0.2) is 0 Å². The maximum atomic E-state index is 12.4. The number of hydrogen-bond acceptors (Lipinski definition) is 3. The second-order valence-electron chi connectivity index (χ2n) is 6.63. The van der Waals surface area contributed by atoms with Crippen LogP contribution in [0.5, 0.6) is 5.75 Å². The van der Waals surface area contributed by atoms with Crippen molar-refractivity contribution in [2.75, 3.05) is 14.2 Å². The van der Waals surface area contributed by atoms with Crippen molar-refractivity contribution in [3.63, 3.8) is 0 Å². The van der Waals surface area contributed by atoms with E-state index in [9.17, 15) is 9.59 Å². The molecular formula is C22H24N2O3. The molecule has 0 aromatic heterocycles. The van der Waals surface area contributed by atoms with Gasteiger partial charge in [-0.2, -0.15) is 0 Å². The second-order valence-corrected chi connectivity index (χ2v) is 6.63. The summed E-state index contributed by atoms with van der Waals surface area (Å²) in [6.07, 6.45) is 5.54. The van der Waals surface area contributed by atoms with Gasteiger partial charge in [0.05, 0.1) is 13.2 Å². The van der Waals surface area contributed by atoms with E-state index in [1.165, 1.54) is 6.08 Å². The maximum Gasteiger partial charge on any atom is 0.251 e. The Bertz CT molecular complexity index is 822. The van der Waals surface area contributed by atoms with E-state index in [4.69, 9.17) is 4.74 Å². The summed E-state index contributed by atoms with van der Waals surface area (Å²) in [5.74, 6) is 1.04. The van der Waals surface area contributed by atoms with Crippen LogP contribution in [0.3, 0.4) is 0 Å². The molecule has 3 rings (SSSR count). The van der Waals surface area contributed by atoms with Crippen molar-refractivity contribution in [1.82, 2.24) is 10.6 Å². The van der Waals surface area contributed by atoms with Crippen LogP contribution in [0.1, 0.15) is 40.4 Å². The number of amides is 2. The number of benzene rings is 2. The SMILES string of the molecule is CNC(=O)c1ccc(/C=C/C(=O)N[C@@H](c2ccc(OC)cc2)C2CC2)cc1. The molecule has 5 heteroatoms. The van der Waals surface area contributed by atoms with Crippen molar-refractivity contribution in [3.8, 4) is 5.75 Å². The number of methoxy groups -OCH3 is 1. The van der Waals surface area contributed by atoms with E-state index in [0.717, 1.165) is 29.7 Å². The highest BCUT2D eigenvalue weighted by atomic mass is 16.5. The lowest BCUT2D eigenvalue weighted by molar-refractivity contribution is -0.117. The van der Waals surface area contributed by atoms with Gasteiger partial charge in [-0.15, -0.1) is 0 Å². The minimum Gasteiger partial charge on any atom is -0.497 e. The number of carbonyl (C=O) groups is 2. The van der Waals surface area contributed by atoms with Crippen LogP contribution >= 0.6 is 0 Å². The summed E-state index contributed by atoms with van der Waals surface area (Å²) in [4.78, 5) is 23.9. The molecule has 5 nitrogen and oxygen atoms in total. The maximum absolute atomic E-state index is 12.4. The third-order valence-corrected chi connectivity index (χ3v) is 4.69. The van der Waals surface area contributed by atoms with E-state index < -0.39 is 0 Å². The van der Waals surface area contributed by atoms with Crippen molar-refractivity contribution in [1.29, 1.82) is 0 Å². The first-order valence-electron chi connectivity index (χ1n) is 9.05. The molecule has 1 saturated carbocycles. The van der Waals surface area contributed by atoms with Crippen molar-refractivity contribution < 1.29 is 14.3 Å². The van der Waals surface area contributed by atoms with Gasteiger partial charge in [-0.1, -0.05) is 24.3 Å². The Hall–Kier alpha value is -3.08. The quantitative estimate of drug-likeness (QED) is 0.741. The number of rotatable bonds is 7. The molecule has 0 aliphatic heterocycles. The molecular weight excluding hydrogens is 340 g/mol. The van der Waals surface area contributed by atoms with Gasteiger partial charge in [0.2, 0.25) is 5.91 Å². The molecule has 0 bridgehead atoms. The van der Waals surface area contributed by atoms with Gasteiger partial charge in [-0.25, -0.2) is 0 Å². The molecule has 2 aromatic rings. The van der Waals surface area contributed by atoms with Crippen molar-refractivity contribution in [2.24, 2.45) is 5.92 Å². The third kappa shape index (κ3) is 4.97. The fourth-order valence-electron chi connectivity index (χ4n) is 2.98. The van der Waals surface area contributed by atoms with Crippen LogP contribution in [0.15, 0.2) is 54.6 Å². The van der Waals surface area contributed by atoms with Gasteiger partial charge in [0.25, 0.3) is 5.91 Å². The largest absolute Gasteiger partial charge is 0.497 e. The van der Waals surface area contributed by atoms with Gasteiger partial charge in [-0.05, 0) is 60.2 Å². The zero-order chi connectivity index (χ0) is 19.2. The van der Waals surface area contributed by atoms with Crippen LogP contribution < -0.4 is 15.4 Å². The molecule has 0 spiro atoms. The monoisotopic (exact) mass is 364 g/mol. The number of nitrogens with one attached hydrogen (secondary N) is 2. The zero-order valence-corrected chi connectivity index (χ0v) is 15.6. The summed E-state index contributed by atoms with van der Waals surface area (Å²) >= 11 is 0. The average Bonchev–Trinajstić information content (AvgIpc) is 3.55. The predicted octanol–water partition coefficient (Wildman–Crippen LogP) is 3.34. The fourth-order valence-corrected chi connectivity index (χ4v) is 2.98. The first-order chi connectivity index (χ1) is 13.1. The van der Waals surface area contributed by atoms with Crippen LogP contribution in [0.25, 0.3) is 6.08 Å². The number of ether oxygens (including phenoxy) is 1. The molecule has 0 saturated heterocycles. The molecule has 2 aromatic carbocycles. The van der Waals surface area contributed by atoms with Gasteiger partial charge in [0, 0.05) is 18.7 Å². The highest BCUT2D eigenvalue weighted by molar-refractivity contribution is 5.95. The minimum atomic E-state index is -0.130. The van der Waals surface area contributed by atoms with Crippen molar-refractivity contribution >= 4 is 17.9 Å². The van der Waals surface area contributed by atoms with Crippen LogP contribution in [-0.2, 0) is 4.79 Å². The summed E-state index contributed by atoms with van der Waals surface area (Å²) in [6.45, 7) is 0. The molecule has 27 heavy (non-hydrogen) atoms. The topological polar surface area (TPSA) is 67.4 Å².